The Labute approximate surface area is 147 Å². The molecule has 0 bridgehead atoms. The van der Waals surface area contributed by atoms with E-state index in [2.05, 4.69) is 21.2 Å². The number of para-hydroxylation sites is 1. The summed E-state index contributed by atoms with van der Waals surface area (Å²) in [5.41, 5.74) is 1.62. The van der Waals surface area contributed by atoms with Gasteiger partial charge in [-0.15, -0.1) is 0 Å². The molecule has 1 aliphatic heterocycles. The van der Waals surface area contributed by atoms with Gasteiger partial charge in [-0.1, -0.05) is 6.07 Å². The number of hydrogen-bond acceptors (Lipinski definition) is 4. The number of carbonyl (C=O) groups is 2. The van der Waals surface area contributed by atoms with Crippen LogP contribution in [0.1, 0.15) is 10.4 Å². The Balaban J connectivity index is 1.88. The maximum atomic E-state index is 12.5. The van der Waals surface area contributed by atoms with Crippen molar-refractivity contribution in [1.29, 1.82) is 0 Å². The Bertz CT molecular complexity index is 822. The van der Waals surface area contributed by atoms with E-state index in [1.54, 1.807) is 50.6 Å². The molecule has 0 aliphatic carbocycles. The van der Waals surface area contributed by atoms with E-state index in [1.807, 2.05) is 0 Å². The number of nitrogens with one attached hydrogen (secondary N) is 1. The van der Waals surface area contributed by atoms with Crippen molar-refractivity contribution in [3.63, 3.8) is 0 Å². The number of hydrogen-bond donors (Lipinski definition) is 1. The van der Waals surface area contributed by atoms with Crippen LogP contribution in [0.2, 0.25) is 0 Å². The van der Waals surface area contributed by atoms with E-state index in [9.17, 15) is 9.59 Å². The van der Waals surface area contributed by atoms with Crippen molar-refractivity contribution in [2.24, 2.45) is 0 Å². The number of rotatable bonds is 3. The quantitative estimate of drug-likeness (QED) is 0.874. The van der Waals surface area contributed by atoms with E-state index in [-0.39, 0.29) is 18.4 Å². The van der Waals surface area contributed by atoms with Crippen LogP contribution in [0, 0.1) is 0 Å². The zero-order chi connectivity index (χ0) is 17.3. The molecule has 124 valence electrons. The summed E-state index contributed by atoms with van der Waals surface area (Å²) in [7, 11) is 3.24. The number of likely N-dealkylation sites (N-methyl/N-ethyl adjacent to an activating group) is 1. The average Bonchev–Trinajstić information content (AvgIpc) is 2.58. The van der Waals surface area contributed by atoms with Crippen LogP contribution in [0.4, 0.5) is 11.4 Å². The van der Waals surface area contributed by atoms with Gasteiger partial charge in [-0.3, -0.25) is 9.59 Å². The summed E-state index contributed by atoms with van der Waals surface area (Å²) < 4.78 is 11.3. The second-order valence-corrected chi connectivity index (χ2v) is 6.05. The average molecular weight is 391 g/mol. The van der Waals surface area contributed by atoms with Crippen molar-refractivity contribution >= 4 is 39.1 Å². The molecule has 6 nitrogen and oxygen atoms in total. The molecule has 0 unspecified atom stereocenters. The van der Waals surface area contributed by atoms with Crippen LogP contribution >= 0.6 is 15.9 Å². The van der Waals surface area contributed by atoms with Crippen LogP contribution in [-0.4, -0.2) is 32.6 Å². The normalized spacial score (nSPS) is 13.1. The molecule has 2 amide bonds. The van der Waals surface area contributed by atoms with Gasteiger partial charge in [0.15, 0.2) is 12.4 Å². The number of nitrogens with zero attached hydrogens (tertiary/aromatic N) is 1. The lowest BCUT2D eigenvalue weighted by molar-refractivity contribution is -0.120. The molecule has 3 rings (SSSR count). The summed E-state index contributed by atoms with van der Waals surface area (Å²) >= 11 is 3.36. The topological polar surface area (TPSA) is 67.9 Å². The number of benzene rings is 2. The van der Waals surface area contributed by atoms with Crippen LogP contribution in [0.25, 0.3) is 0 Å². The van der Waals surface area contributed by atoms with Crippen LogP contribution in [0.5, 0.6) is 11.5 Å². The van der Waals surface area contributed by atoms with E-state index in [0.29, 0.717) is 32.9 Å². The Morgan fingerprint density at radius 2 is 2.12 bits per heavy atom. The highest BCUT2D eigenvalue weighted by atomic mass is 79.9. The predicted molar refractivity (Wildman–Crippen MR) is 94.0 cm³/mol. The van der Waals surface area contributed by atoms with Crippen molar-refractivity contribution in [2.45, 2.75) is 0 Å². The Hall–Kier alpha value is -2.54. The molecule has 1 N–H and O–H groups in total. The van der Waals surface area contributed by atoms with Gasteiger partial charge < -0.3 is 19.7 Å². The zero-order valence-corrected chi connectivity index (χ0v) is 14.7. The lowest BCUT2D eigenvalue weighted by Gasteiger charge is -2.27. The number of halogens is 1. The number of methoxy groups -OCH3 is 1. The highest BCUT2D eigenvalue weighted by Gasteiger charge is 2.25. The second-order valence-electron chi connectivity index (χ2n) is 5.20. The van der Waals surface area contributed by atoms with Crippen molar-refractivity contribution in [2.75, 3.05) is 31.0 Å². The zero-order valence-electron chi connectivity index (χ0n) is 13.1. The summed E-state index contributed by atoms with van der Waals surface area (Å²) in [6.45, 7) is -0.0511. The van der Waals surface area contributed by atoms with Crippen molar-refractivity contribution in [3.05, 3.63) is 46.4 Å². The van der Waals surface area contributed by atoms with Crippen molar-refractivity contribution in [3.8, 4) is 11.5 Å². The minimum Gasteiger partial charge on any atom is -0.496 e. The van der Waals surface area contributed by atoms with Crippen molar-refractivity contribution in [1.82, 2.24) is 0 Å². The van der Waals surface area contributed by atoms with Gasteiger partial charge >= 0.3 is 0 Å². The van der Waals surface area contributed by atoms with E-state index in [4.69, 9.17) is 9.47 Å². The molecule has 24 heavy (non-hydrogen) atoms. The molecule has 7 heteroatoms. The number of fused-ring (bicyclic) bond motifs is 1. The summed E-state index contributed by atoms with van der Waals surface area (Å²) in [4.78, 5) is 25.7. The molecule has 0 fully saturated rings. The van der Waals surface area contributed by atoms with Crippen LogP contribution < -0.4 is 19.7 Å². The Morgan fingerprint density at radius 3 is 2.83 bits per heavy atom. The molecule has 0 atom stereocenters. The first-order chi connectivity index (χ1) is 11.5. The molecule has 0 spiro atoms. The summed E-state index contributed by atoms with van der Waals surface area (Å²) in [6.07, 6.45) is 0. The number of amides is 2. The highest BCUT2D eigenvalue weighted by Crippen LogP contribution is 2.38. The molecule has 0 aromatic heterocycles. The monoisotopic (exact) mass is 390 g/mol. The van der Waals surface area contributed by atoms with Gasteiger partial charge in [0.2, 0.25) is 0 Å². The van der Waals surface area contributed by atoms with E-state index in [1.165, 1.54) is 4.90 Å². The molecule has 1 aliphatic rings. The second kappa shape index (κ2) is 6.52. The molecule has 2 aromatic rings. The third kappa shape index (κ3) is 2.94. The third-order valence-electron chi connectivity index (χ3n) is 3.73. The lowest BCUT2D eigenvalue weighted by atomic mass is 10.1. The largest absolute Gasteiger partial charge is 0.496 e. The SMILES string of the molecule is COc1ccc(C(=O)Nc2cccc3c2OCC(=O)N3C)cc1Br. The first-order valence-corrected chi connectivity index (χ1v) is 7.98. The molecule has 0 radical (unpaired) electrons. The first kappa shape index (κ1) is 16.3. The standard InChI is InChI=1S/C17H15BrN2O4/c1-20-13-5-3-4-12(16(13)24-9-15(20)21)19-17(22)10-6-7-14(23-2)11(18)8-10/h3-8H,9H2,1-2H3,(H,19,22). The Kier molecular flexibility index (Phi) is 4.44. The van der Waals surface area contributed by atoms with E-state index in [0.717, 1.165) is 0 Å². The Morgan fingerprint density at radius 1 is 1.33 bits per heavy atom. The number of anilines is 2. The maximum absolute atomic E-state index is 12.5. The number of ether oxygens (including phenoxy) is 2. The fourth-order valence-electron chi connectivity index (χ4n) is 2.41. The molecular formula is C17H15BrN2O4. The van der Waals surface area contributed by atoms with Gasteiger partial charge in [-0.2, -0.15) is 0 Å². The maximum Gasteiger partial charge on any atom is 0.264 e. The minimum absolute atomic E-state index is 0.0511. The molecule has 0 saturated heterocycles. The fourth-order valence-corrected chi connectivity index (χ4v) is 2.95. The minimum atomic E-state index is -0.282. The van der Waals surface area contributed by atoms with Gasteiger partial charge in [-0.05, 0) is 46.3 Å². The predicted octanol–water partition coefficient (Wildman–Crippen LogP) is 3.07. The van der Waals surface area contributed by atoms with Gasteiger partial charge in [0.25, 0.3) is 11.8 Å². The number of carbonyl (C=O) groups excluding carboxylic acids is 2. The summed E-state index contributed by atoms with van der Waals surface area (Å²) in [5, 5.41) is 2.82. The molecular weight excluding hydrogens is 376 g/mol. The summed E-state index contributed by atoms with van der Waals surface area (Å²) in [5.74, 6) is 0.715. The van der Waals surface area contributed by atoms with Crippen LogP contribution in [-0.2, 0) is 4.79 Å². The van der Waals surface area contributed by atoms with E-state index < -0.39 is 0 Å². The smallest absolute Gasteiger partial charge is 0.264 e. The van der Waals surface area contributed by atoms with Gasteiger partial charge in [0.05, 0.1) is 23.0 Å². The van der Waals surface area contributed by atoms with Gasteiger partial charge in [0.1, 0.15) is 5.75 Å². The van der Waals surface area contributed by atoms with Crippen LogP contribution in [0.15, 0.2) is 40.9 Å². The van der Waals surface area contributed by atoms with Crippen molar-refractivity contribution < 1.29 is 19.1 Å². The van der Waals surface area contributed by atoms with Crippen LogP contribution in [0.3, 0.4) is 0 Å². The highest BCUT2D eigenvalue weighted by molar-refractivity contribution is 9.10. The molecule has 1 heterocycles. The summed E-state index contributed by atoms with van der Waals surface area (Å²) in [6, 6.07) is 10.3. The fraction of sp³-hybridized carbons (Fsp3) is 0.176. The molecule has 2 aromatic carbocycles. The first-order valence-electron chi connectivity index (χ1n) is 7.18. The molecule has 0 saturated carbocycles. The van der Waals surface area contributed by atoms with Gasteiger partial charge in [-0.25, -0.2) is 0 Å². The third-order valence-corrected chi connectivity index (χ3v) is 4.35. The van der Waals surface area contributed by atoms with Gasteiger partial charge in [0, 0.05) is 12.6 Å². The van der Waals surface area contributed by atoms with E-state index >= 15 is 0 Å². The lowest BCUT2D eigenvalue weighted by Crippen LogP contribution is -2.35.